The first-order valence-electron chi connectivity index (χ1n) is 38.1. The van der Waals surface area contributed by atoms with E-state index in [1.807, 2.05) is 146 Å². The SMILES string of the molecule is C=CC(=C)Nc1cccc(Nc2cc(N3CCCCC3CCO)nc3c(CC)cnn23)c1.CC(C)n1cnc2c(Nc3cccc(NC(=O)/C=C/CN(C)C)c3)nc(NC3CCC(N(C)C)CC3)nc21.CC(C)n1cnc2c(Nc3cccc(NC(=O)/C=C/CN(C)C)c3)nc(NC3CCC(N(C)C)CC3)nc21. The normalized spacial score (nSPS) is 17.6. The van der Waals surface area contributed by atoms with Crippen LogP contribution < -0.4 is 47.4 Å². The molecule has 3 aliphatic rings. The fraction of sp³-hybridized carbons (Fsp3) is 0.457. The third-order valence-electron chi connectivity index (χ3n) is 19.7. The van der Waals surface area contributed by atoms with Gasteiger partial charge in [-0.1, -0.05) is 50.4 Å². The van der Waals surface area contributed by atoms with Gasteiger partial charge >= 0.3 is 0 Å². The summed E-state index contributed by atoms with van der Waals surface area (Å²) in [7, 11) is 16.5. The molecule has 6 aromatic heterocycles. The van der Waals surface area contributed by atoms with Crippen molar-refractivity contribution < 1.29 is 14.7 Å². The Morgan fingerprint density at radius 1 is 0.583 bits per heavy atom. The second-order valence-corrected chi connectivity index (χ2v) is 29.7. The number of amides is 2. The molecule has 9 N–H and O–H groups in total. The maximum Gasteiger partial charge on any atom is 0.248 e. The van der Waals surface area contributed by atoms with E-state index in [-0.39, 0.29) is 30.5 Å². The molecule has 0 bridgehead atoms. The molecule has 1 unspecified atom stereocenters. The number of aliphatic hydroxyl groups is 1. The van der Waals surface area contributed by atoms with Gasteiger partial charge in [0, 0.05) is 132 Å². The van der Waals surface area contributed by atoms with Crippen LogP contribution in [0.3, 0.4) is 0 Å². The Balaban J connectivity index is 0.000000174. The van der Waals surface area contributed by atoms with Crippen LogP contribution in [0.25, 0.3) is 28.0 Å². The molecule has 27 nitrogen and oxygen atoms in total. The fourth-order valence-corrected chi connectivity index (χ4v) is 13.8. The minimum atomic E-state index is -0.167. The Kier molecular flexibility index (Phi) is 28.6. The molecular formula is C81H114N24O3. The number of rotatable bonds is 29. The van der Waals surface area contributed by atoms with Gasteiger partial charge in [0.15, 0.2) is 39.6 Å². The summed E-state index contributed by atoms with van der Waals surface area (Å²) >= 11 is 0. The van der Waals surface area contributed by atoms with Crippen LogP contribution in [0, 0.1) is 0 Å². The lowest BCUT2D eigenvalue weighted by atomic mass is 9.91. The van der Waals surface area contributed by atoms with Gasteiger partial charge in [-0.2, -0.15) is 29.5 Å². The van der Waals surface area contributed by atoms with Crippen molar-refractivity contribution >= 4 is 109 Å². The number of carbonyl (C=O) groups is 2. The number of nitrogens with one attached hydrogen (secondary N) is 8. The third-order valence-corrected chi connectivity index (χ3v) is 19.7. The molecule has 9 aromatic rings. The Morgan fingerprint density at radius 2 is 1.05 bits per heavy atom. The Bertz CT molecular complexity index is 4320. The van der Waals surface area contributed by atoms with Crippen molar-refractivity contribution in [2.24, 2.45) is 0 Å². The number of hydrogen-bond acceptors (Lipinski definition) is 22. The number of nitrogens with zero attached hydrogens (tertiary/aromatic N) is 16. The average molecular weight is 1470 g/mol. The number of piperidine rings is 1. The molecule has 1 aliphatic heterocycles. The first-order chi connectivity index (χ1) is 52.0. The number of carbonyl (C=O) groups excluding carboxylic acids is 2. The monoisotopic (exact) mass is 1470 g/mol. The number of aromatic nitrogens is 11. The number of aryl methyl sites for hydroxylation is 1. The van der Waals surface area contributed by atoms with Crippen LogP contribution in [0.5, 0.6) is 0 Å². The highest BCUT2D eigenvalue weighted by Crippen LogP contribution is 2.35. The Morgan fingerprint density at radius 3 is 1.48 bits per heavy atom. The second-order valence-electron chi connectivity index (χ2n) is 29.7. The van der Waals surface area contributed by atoms with E-state index in [1.54, 1.807) is 18.2 Å². The van der Waals surface area contributed by atoms with Crippen LogP contribution in [-0.2, 0) is 16.0 Å². The molecule has 1 atom stereocenters. The van der Waals surface area contributed by atoms with Crippen molar-refractivity contribution in [1.29, 1.82) is 0 Å². The minimum Gasteiger partial charge on any atom is -0.396 e. The molecule has 108 heavy (non-hydrogen) atoms. The molecule has 0 radical (unpaired) electrons. The summed E-state index contributed by atoms with van der Waals surface area (Å²) in [6, 6.07) is 28.0. The summed E-state index contributed by atoms with van der Waals surface area (Å²) in [5.41, 5.74) is 10.6. The predicted molar refractivity (Wildman–Crippen MR) is 442 cm³/mol. The molecule has 3 aromatic carbocycles. The van der Waals surface area contributed by atoms with Crippen molar-refractivity contribution in [1.82, 2.24) is 73.2 Å². The van der Waals surface area contributed by atoms with Gasteiger partial charge in [-0.25, -0.2) is 15.0 Å². The minimum absolute atomic E-state index is 0.167. The second kappa shape index (κ2) is 38.5. The molecule has 2 saturated carbocycles. The highest BCUT2D eigenvalue weighted by molar-refractivity contribution is 6.00. The van der Waals surface area contributed by atoms with E-state index in [2.05, 4.69) is 163 Å². The van der Waals surface area contributed by atoms with Crippen LogP contribution in [0.2, 0.25) is 0 Å². The van der Waals surface area contributed by atoms with Gasteiger partial charge in [0.1, 0.15) is 11.6 Å². The van der Waals surface area contributed by atoms with Crippen molar-refractivity contribution in [3.05, 3.63) is 153 Å². The number of allylic oxidation sites excluding steroid dienone is 1. The van der Waals surface area contributed by atoms with E-state index in [1.165, 1.54) is 6.42 Å². The number of anilines is 12. The van der Waals surface area contributed by atoms with Gasteiger partial charge in [-0.15, -0.1) is 0 Å². The van der Waals surface area contributed by atoms with Gasteiger partial charge in [0.05, 0.1) is 18.9 Å². The zero-order valence-electron chi connectivity index (χ0n) is 65.5. The topological polar surface area (TPSA) is 284 Å². The van der Waals surface area contributed by atoms with Gasteiger partial charge in [-0.3, -0.25) is 9.59 Å². The van der Waals surface area contributed by atoms with Gasteiger partial charge in [0.25, 0.3) is 0 Å². The molecule has 0 spiro atoms. The first kappa shape index (κ1) is 80.2. The van der Waals surface area contributed by atoms with Crippen molar-refractivity contribution in [3.63, 3.8) is 0 Å². The summed E-state index contributed by atoms with van der Waals surface area (Å²) in [5, 5.41) is 40.8. The number of fused-ring (bicyclic) bond motifs is 3. The van der Waals surface area contributed by atoms with Gasteiger partial charge in [-0.05, 0) is 228 Å². The zero-order valence-corrected chi connectivity index (χ0v) is 65.5. The van der Waals surface area contributed by atoms with Crippen molar-refractivity contribution in [2.45, 2.75) is 160 Å². The average Bonchev–Trinajstić information content (AvgIpc) is 1.62. The number of benzene rings is 3. The molecule has 3 fully saturated rings. The lowest BCUT2D eigenvalue weighted by molar-refractivity contribution is -0.112. The summed E-state index contributed by atoms with van der Waals surface area (Å²) in [6.07, 6.45) is 28.0. The van der Waals surface area contributed by atoms with Crippen LogP contribution in [-0.4, -0.2) is 203 Å². The zero-order chi connectivity index (χ0) is 77.0. The molecule has 1 saturated heterocycles. The number of hydrogen-bond donors (Lipinski definition) is 9. The van der Waals surface area contributed by atoms with E-state index in [0.717, 1.165) is 146 Å². The number of likely N-dealkylation sites (N-methyl/N-ethyl adjacent to an activating group) is 2. The lowest BCUT2D eigenvalue weighted by Gasteiger charge is -2.36. The molecule has 7 heterocycles. The smallest absolute Gasteiger partial charge is 0.248 e. The van der Waals surface area contributed by atoms with E-state index in [4.69, 9.17) is 24.9 Å². The Hall–Kier alpha value is -10.3. The molecule has 2 amide bonds. The molecule has 27 heteroatoms. The van der Waals surface area contributed by atoms with E-state index >= 15 is 0 Å². The van der Waals surface area contributed by atoms with E-state index < -0.39 is 0 Å². The van der Waals surface area contributed by atoms with Crippen LogP contribution in [0.4, 0.5) is 69.3 Å². The number of aliphatic hydroxyl groups excluding tert-OH is 1. The first-order valence-corrected chi connectivity index (χ1v) is 38.1. The standard InChI is InChI=1S/2C28H41N9O.C25H32N6O/c2*1-19(2)37-18-29-25-26(31-22-10-7-9-21(17-22)30-24(38)11-8-16-35(3)4)33-28(34-27(25)37)32-20-12-14-23(15-13-20)36(5)6;1-4-18(3)27-20-9-8-10-21(15-20)28-24-16-23(29-25-19(5-2)17-26-31(24)25)30-13-7-6-11-22(30)12-14-32/h2*7-11,17-20,23H,12-16H2,1-6H3,(H,30,38)(H2,31,32,33,34);4,8-10,15-17,22,27-28,32H,1,3,5-7,11-14H2,2H3/b2*11-8+;. The highest BCUT2D eigenvalue weighted by Gasteiger charge is 2.28. The molecule has 12 rings (SSSR count). The third kappa shape index (κ3) is 22.2. The van der Waals surface area contributed by atoms with Gasteiger partial charge < -0.3 is 81.3 Å². The summed E-state index contributed by atoms with van der Waals surface area (Å²) in [6.45, 7) is 20.8. The maximum atomic E-state index is 12.3. The van der Waals surface area contributed by atoms with E-state index in [0.29, 0.717) is 89.2 Å². The summed E-state index contributed by atoms with van der Waals surface area (Å²) in [5.74, 6) is 3.93. The summed E-state index contributed by atoms with van der Waals surface area (Å²) in [4.78, 5) is 69.3. The lowest BCUT2D eigenvalue weighted by Crippen LogP contribution is -2.40. The highest BCUT2D eigenvalue weighted by atomic mass is 16.3. The number of imidazole rings is 2. The fourth-order valence-electron chi connectivity index (χ4n) is 13.8. The maximum absolute atomic E-state index is 12.3. The van der Waals surface area contributed by atoms with Crippen LogP contribution in [0.1, 0.15) is 129 Å². The Labute approximate surface area is 636 Å². The van der Waals surface area contributed by atoms with Crippen LogP contribution in [0.15, 0.2) is 147 Å². The van der Waals surface area contributed by atoms with E-state index in [9.17, 15) is 14.7 Å². The predicted octanol–water partition coefficient (Wildman–Crippen LogP) is 13.9. The summed E-state index contributed by atoms with van der Waals surface area (Å²) < 4.78 is 6.00. The molecular weight excluding hydrogens is 1360 g/mol. The largest absolute Gasteiger partial charge is 0.396 e. The van der Waals surface area contributed by atoms with Crippen molar-refractivity contribution in [2.75, 3.05) is 130 Å². The molecule has 576 valence electrons. The van der Waals surface area contributed by atoms with Crippen molar-refractivity contribution in [3.8, 4) is 0 Å². The quantitative estimate of drug-likeness (QED) is 0.0156. The van der Waals surface area contributed by atoms with Gasteiger partial charge in [0.2, 0.25) is 23.7 Å². The van der Waals surface area contributed by atoms with Crippen LogP contribution >= 0.6 is 0 Å². The molecule has 2 aliphatic carbocycles.